The average molecular weight is 582 g/mol. The summed E-state index contributed by atoms with van der Waals surface area (Å²) in [5, 5.41) is 6.39. The van der Waals surface area contributed by atoms with Gasteiger partial charge in [0, 0.05) is 5.56 Å². The topological polar surface area (TPSA) is 152 Å². The lowest BCUT2D eigenvalue weighted by Gasteiger charge is -2.14. The van der Waals surface area contributed by atoms with Crippen LogP contribution >= 0.6 is 0 Å². The third kappa shape index (κ3) is 7.59. The molecule has 0 aliphatic rings. The molecule has 3 aromatic carbocycles. The van der Waals surface area contributed by atoms with E-state index in [0.29, 0.717) is 40.1 Å². The molecule has 0 aliphatic heterocycles. The zero-order valence-corrected chi connectivity index (χ0v) is 23.9. The number of amides is 2. The van der Waals surface area contributed by atoms with E-state index >= 15 is 0 Å². The first-order chi connectivity index (χ1) is 20.3. The van der Waals surface area contributed by atoms with Crippen LogP contribution in [0, 0.1) is 0 Å². The first kappa shape index (κ1) is 31.1. The lowest BCUT2D eigenvalue weighted by atomic mass is 10.1. The van der Waals surface area contributed by atoms with Gasteiger partial charge in [0.2, 0.25) is 11.5 Å². The van der Waals surface area contributed by atoms with Crippen LogP contribution in [0.25, 0.3) is 0 Å². The molecule has 42 heavy (non-hydrogen) atoms. The molecule has 0 saturated carbocycles. The van der Waals surface area contributed by atoms with Crippen molar-refractivity contribution in [1.82, 2.24) is 10.7 Å². The van der Waals surface area contributed by atoms with Crippen LogP contribution in [-0.2, 0) is 4.79 Å². The van der Waals surface area contributed by atoms with Gasteiger partial charge in [0.25, 0.3) is 11.8 Å². The predicted octanol–water partition coefficient (Wildman–Crippen LogP) is 2.84. The Morgan fingerprint density at radius 1 is 0.714 bits per heavy atom. The Morgan fingerprint density at radius 3 is 1.74 bits per heavy atom. The zero-order chi connectivity index (χ0) is 30.6. The standard InChI is InChI=1S/C29H31N3O10/c1-36-21-11-18(12-22(37-2)26(21)40-5)28(34)30-16-25(33)32-31-15-17-8-7-9-20(10-17)42-29(35)19-13-23(38-3)27(41-6)24(14-19)39-4/h7-15H,16H2,1-6H3,(H,30,34)(H,32,33)/b31-15+. The molecule has 3 aromatic rings. The fraction of sp³-hybridized carbons (Fsp3) is 0.241. The molecule has 0 atom stereocenters. The highest BCUT2D eigenvalue weighted by atomic mass is 16.5. The highest BCUT2D eigenvalue weighted by Crippen LogP contribution is 2.39. The number of benzene rings is 3. The van der Waals surface area contributed by atoms with Crippen molar-refractivity contribution in [3.63, 3.8) is 0 Å². The monoisotopic (exact) mass is 581 g/mol. The van der Waals surface area contributed by atoms with Gasteiger partial charge >= 0.3 is 5.97 Å². The SMILES string of the molecule is COc1cc(C(=O)NCC(=O)N/N=C/c2cccc(OC(=O)c3cc(OC)c(OC)c(OC)c3)c2)cc(OC)c1OC. The average Bonchev–Trinajstić information content (AvgIpc) is 3.01. The molecule has 0 saturated heterocycles. The molecule has 13 nitrogen and oxygen atoms in total. The minimum absolute atomic E-state index is 0.185. The van der Waals surface area contributed by atoms with Crippen LogP contribution < -0.4 is 43.9 Å². The second kappa shape index (κ2) is 14.8. The van der Waals surface area contributed by atoms with E-state index in [2.05, 4.69) is 15.8 Å². The minimum atomic E-state index is -0.653. The summed E-state index contributed by atoms with van der Waals surface area (Å²) in [5.41, 5.74) is 3.25. The molecule has 13 heteroatoms. The Bertz CT molecular complexity index is 1420. The number of carbonyl (C=O) groups is 3. The van der Waals surface area contributed by atoms with E-state index in [1.807, 2.05) is 0 Å². The van der Waals surface area contributed by atoms with Gasteiger partial charge in [0.15, 0.2) is 23.0 Å². The number of nitrogens with zero attached hydrogens (tertiary/aromatic N) is 1. The fourth-order valence-corrected chi connectivity index (χ4v) is 3.72. The lowest BCUT2D eigenvalue weighted by molar-refractivity contribution is -0.120. The van der Waals surface area contributed by atoms with Gasteiger partial charge in [-0.1, -0.05) is 12.1 Å². The van der Waals surface area contributed by atoms with Crippen molar-refractivity contribution in [3.05, 3.63) is 65.2 Å². The summed E-state index contributed by atoms with van der Waals surface area (Å²) in [6.45, 7) is -0.348. The number of esters is 1. The molecule has 3 rings (SSSR count). The molecular formula is C29H31N3O10. The van der Waals surface area contributed by atoms with Crippen molar-refractivity contribution in [1.29, 1.82) is 0 Å². The van der Waals surface area contributed by atoms with E-state index in [-0.39, 0.29) is 23.4 Å². The van der Waals surface area contributed by atoms with Crippen molar-refractivity contribution >= 4 is 24.0 Å². The van der Waals surface area contributed by atoms with E-state index in [9.17, 15) is 14.4 Å². The maximum absolute atomic E-state index is 12.8. The summed E-state index contributed by atoms with van der Waals surface area (Å²) in [5.74, 6) is 0.370. The van der Waals surface area contributed by atoms with Crippen LogP contribution in [0.5, 0.6) is 40.2 Å². The molecule has 2 amide bonds. The number of hydrogen-bond acceptors (Lipinski definition) is 11. The van der Waals surface area contributed by atoms with E-state index < -0.39 is 17.8 Å². The molecule has 0 aromatic heterocycles. The number of methoxy groups -OCH3 is 6. The molecule has 0 heterocycles. The summed E-state index contributed by atoms with van der Waals surface area (Å²) < 4.78 is 37.0. The number of hydrazone groups is 1. The van der Waals surface area contributed by atoms with Gasteiger partial charge in [-0.05, 0) is 42.0 Å². The van der Waals surface area contributed by atoms with Gasteiger partial charge in [-0.2, -0.15) is 5.10 Å². The number of hydrogen-bond donors (Lipinski definition) is 2. The van der Waals surface area contributed by atoms with Crippen LogP contribution in [0.15, 0.2) is 53.6 Å². The number of carbonyl (C=O) groups excluding carboxylic acids is 3. The quantitative estimate of drug-likeness (QED) is 0.133. The molecule has 0 aliphatic carbocycles. The molecule has 0 bridgehead atoms. The maximum Gasteiger partial charge on any atom is 0.343 e. The van der Waals surface area contributed by atoms with E-state index in [4.69, 9.17) is 33.2 Å². The van der Waals surface area contributed by atoms with E-state index in [1.54, 1.807) is 24.3 Å². The minimum Gasteiger partial charge on any atom is -0.493 e. The molecule has 0 spiro atoms. The third-order valence-electron chi connectivity index (χ3n) is 5.71. The Balaban J connectivity index is 1.59. The van der Waals surface area contributed by atoms with Crippen molar-refractivity contribution in [2.45, 2.75) is 0 Å². The van der Waals surface area contributed by atoms with Crippen molar-refractivity contribution in [3.8, 4) is 40.2 Å². The zero-order valence-electron chi connectivity index (χ0n) is 23.9. The summed E-state index contributed by atoms with van der Waals surface area (Å²) in [4.78, 5) is 37.6. The highest BCUT2D eigenvalue weighted by Gasteiger charge is 2.19. The van der Waals surface area contributed by atoms with Crippen LogP contribution in [0.3, 0.4) is 0 Å². The van der Waals surface area contributed by atoms with Crippen LogP contribution in [0.1, 0.15) is 26.3 Å². The van der Waals surface area contributed by atoms with Crippen LogP contribution in [0.4, 0.5) is 0 Å². The van der Waals surface area contributed by atoms with Crippen LogP contribution in [-0.4, -0.2) is 73.2 Å². The third-order valence-corrected chi connectivity index (χ3v) is 5.71. The molecule has 0 fully saturated rings. The second-order valence-corrected chi connectivity index (χ2v) is 8.27. The summed E-state index contributed by atoms with van der Waals surface area (Å²) >= 11 is 0. The van der Waals surface area contributed by atoms with Gasteiger partial charge in [0.05, 0.1) is 61.0 Å². The number of rotatable bonds is 13. The van der Waals surface area contributed by atoms with Crippen LogP contribution in [0.2, 0.25) is 0 Å². The molecule has 222 valence electrons. The molecule has 2 N–H and O–H groups in total. The van der Waals surface area contributed by atoms with Crippen molar-refractivity contribution < 1.29 is 47.5 Å². The molecule has 0 radical (unpaired) electrons. The smallest absolute Gasteiger partial charge is 0.343 e. The van der Waals surface area contributed by atoms with Crippen molar-refractivity contribution in [2.24, 2.45) is 5.10 Å². The normalized spacial score (nSPS) is 10.4. The van der Waals surface area contributed by atoms with Crippen molar-refractivity contribution in [2.75, 3.05) is 49.2 Å². The van der Waals surface area contributed by atoms with Gasteiger partial charge in [-0.15, -0.1) is 0 Å². The fourth-order valence-electron chi connectivity index (χ4n) is 3.72. The van der Waals surface area contributed by atoms with Gasteiger partial charge in [0.1, 0.15) is 5.75 Å². The van der Waals surface area contributed by atoms with Gasteiger partial charge in [-0.25, -0.2) is 10.2 Å². The lowest BCUT2D eigenvalue weighted by Crippen LogP contribution is -2.34. The second-order valence-electron chi connectivity index (χ2n) is 8.27. The van der Waals surface area contributed by atoms with Gasteiger partial charge in [-0.3, -0.25) is 9.59 Å². The molecular weight excluding hydrogens is 550 g/mol. The molecule has 0 unspecified atom stereocenters. The maximum atomic E-state index is 12.8. The largest absolute Gasteiger partial charge is 0.493 e. The predicted molar refractivity (Wildman–Crippen MR) is 152 cm³/mol. The number of ether oxygens (including phenoxy) is 7. The summed E-state index contributed by atoms with van der Waals surface area (Å²) in [7, 11) is 8.66. The number of nitrogens with one attached hydrogen (secondary N) is 2. The Labute approximate surface area is 242 Å². The van der Waals surface area contributed by atoms with E-state index in [0.717, 1.165) is 0 Å². The Morgan fingerprint density at radius 2 is 1.24 bits per heavy atom. The first-order valence-corrected chi connectivity index (χ1v) is 12.3. The first-order valence-electron chi connectivity index (χ1n) is 12.3. The van der Waals surface area contributed by atoms with E-state index in [1.165, 1.54) is 73.1 Å². The Hall–Kier alpha value is -5.46. The highest BCUT2D eigenvalue weighted by molar-refractivity contribution is 5.98. The van der Waals surface area contributed by atoms with Gasteiger partial charge < -0.3 is 38.5 Å². The Kier molecular flexibility index (Phi) is 10.9. The summed E-state index contributed by atoms with van der Waals surface area (Å²) in [6.07, 6.45) is 1.36. The summed E-state index contributed by atoms with van der Waals surface area (Å²) in [6, 6.07) is 12.4.